The minimum Gasteiger partial charge on any atom is -0.310 e. The number of nitrogens with zero attached hydrogens (tertiary/aromatic N) is 1. The van der Waals surface area contributed by atoms with Crippen LogP contribution in [0.4, 0.5) is 0 Å². The van der Waals surface area contributed by atoms with Crippen LogP contribution in [0.2, 0.25) is 0 Å². The molecule has 2 rings (SSSR count). The standard InChI is InChI=1S/C16H24N2S/c1-4-12(5-2)9-15(17-6-3)13-10-16-14(18-11-13)7-8-19-16/h7-8,10-12,15,17H,4-6,9H2,1-3H3. The zero-order valence-corrected chi connectivity index (χ0v) is 13.0. The number of fused-ring (bicyclic) bond motifs is 1. The van der Waals surface area contributed by atoms with Gasteiger partial charge in [-0.05, 0) is 42.0 Å². The van der Waals surface area contributed by atoms with E-state index in [-0.39, 0.29) is 0 Å². The normalized spacial score (nSPS) is 13.3. The van der Waals surface area contributed by atoms with E-state index in [0.717, 1.165) is 18.0 Å². The first kappa shape index (κ1) is 14.5. The number of aromatic nitrogens is 1. The smallest absolute Gasteiger partial charge is 0.0809 e. The molecule has 2 aromatic rings. The summed E-state index contributed by atoms with van der Waals surface area (Å²) >= 11 is 1.78. The minimum atomic E-state index is 0.439. The Morgan fingerprint density at radius 1 is 1.26 bits per heavy atom. The Bertz CT molecular complexity index is 502. The van der Waals surface area contributed by atoms with Gasteiger partial charge in [0.15, 0.2) is 0 Å². The fourth-order valence-corrected chi connectivity index (χ4v) is 3.38. The first-order valence-electron chi connectivity index (χ1n) is 7.34. The third kappa shape index (κ3) is 3.54. The van der Waals surface area contributed by atoms with Crippen molar-refractivity contribution in [2.24, 2.45) is 5.92 Å². The molecule has 2 nitrogen and oxygen atoms in total. The number of hydrogen-bond donors (Lipinski definition) is 1. The van der Waals surface area contributed by atoms with Crippen LogP contribution in [-0.4, -0.2) is 11.5 Å². The number of rotatable bonds is 7. The van der Waals surface area contributed by atoms with E-state index in [1.54, 1.807) is 11.3 Å². The molecule has 0 aliphatic carbocycles. The first-order chi connectivity index (χ1) is 9.28. The van der Waals surface area contributed by atoms with Crippen molar-refractivity contribution in [2.45, 2.75) is 46.1 Å². The van der Waals surface area contributed by atoms with Crippen LogP contribution in [0.3, 0.4) is 0 Å². The van der Waals surface area contributed by atoms with E-state index < -0.39 is 0 Å². The Kier molecular flexibility index (Phi) is 5.34. The van der Waals surface area contributed by atoms with Gasteiger partial charge in [0.1, 0.15) is 0 Å². The number of thiophene rings is 1. The van der Waals surface area contributed by atoms with Crippen molar-refractivity contribution in [3.8, 4) is 0 Å². The van der Waals surface area contributed by atoms with Gasteiger partial charge < -0.3 is 5.32 Å². The van der Waals surface area contributed by atoms with E-state index in [4.69, 9.17) is 0 Å². The monoisotopic (exact) mass is 276 g/mol. The van der Waals surface area contributed by atoms with Gasteiger partial charge in [0.05, 0.1) is 10.2 Å². The van der Waals surface area contributed by atoms with Crippen LogP contribution in [0.5, 0.6) is 0 Å². The second-order valence-electron chi connectivity index (χ2n) is 5.10. The third-order valence-electron chi connectivity index (χ3n) is 3.90. The van der Waals surface area contributed by atoms with Gasteiger partial charge in [0.25, 0.3) is 0 Å². The summed E-state index contributed by atoms with van der Waals surface area (Å²) in [5.74, 6) is 0.795. The number of pyridine rings is 1. The fourth-order valence-electron chi connectivity index (χ4n) is 2.59. The zero-order chi connectivity index (χ0) is 13.7. The molecule has 0 amide bonds. The summed E-state index contributed by atoms with van der Waals surface area (Å²) in [6, 6.07) is 4.84. The molecule has 1 N–H and O–H groups in total. The zero-order valence-electron chi connectivity index (χ0n) is 12.1. The molecular formula is C16H24N2S. The number of hydrogen-bond acceptors (Lipinski definition) is 3. The highest BCUT2D eigenvalue weighted by molar-refractivity contribution is 7.17. The lowest BCUT2D eigenvalue weighted by molar-refractivity contribution is 0.375. The lowest BCUT2D eigenvalue weighted by Crippen LogP contribution is -2.23. The summed E-state index contributed by atoms with van der Waals surface area (Å²) in [6.45, 7) is 7.76. The lowest BCUT2D eigenvalue weighted by atomic mass is 9.91. The van der Waals surface area contributed by atoms with Gasteiger partial charge in [-0.1, -0.05) is 33.6 Å². The maximum absolute atomic E-state index is 4.57. The van der Waals surface area contributed by atoms with Crippen molar-refractivity contribution in [3.63, 3.8) is 0 Å². The fraction of sp³-hybridized carbons (Fsp3) is 0.562. The lowest BCUT2D eigenvalue weighted by Gasteiger charge is -2.23. The molecule has 0 saturated heterocycles. The van der Waals surface area contributed by atoms with Crippen molar-refractivity contribution >= 4 is 21.6 Å². The molecule has 104 valence electrons. The second kappa shape index (κ2) is 7.01. The van der Waals surface area contributed by atoms with Crippen LogP contribution < -0.4 is 5.32 Å². The maximum atomic E-state index is 4.57. The Balaban J connectivity index is 2.21. The molecule has 3 heteroatoms. The molecule has 0 saturated carbocycles. The minimum absolute atomic E-state index is 0.439. The van der Waals surface area contributed by atoms with E-state index in [2.05, 4.69) is 48.6 Å². The summed E-state index contributed by atoms with van der Waals surface area (Å²) < 4.78 is 1.30. The average molecular weight is 276 g/mol. The first-order valence-corrected chi connectivity index (χ1v) is 8.22. The summed E-state index contributed by atoms with van der Waals surface area (Å²) in [5.41, 5.74) is 2.45. The highest BCUT2D eigenvalue weighted by atomic mass is 32.1. The summed E-state index contributed by atoms with van der Waals surface area (Å²) in [5, 5.41) is 5.74. The predicted molar refractivity (Wildman–Crippen MR) is 84.7 cm³/mol. The van der Waals surface area contributed by atoms with E-state index in [1.165, 1.54) is 29.5 Å². The molecule has 2 aromatic heterocycles. The highest BCUT2D eigenvalue weighted by Gasteiger charge is 2.16. The molecule has 0 aliphatic heterocycles. The van der Waals surface area contributed by atoms with Gasteiger partial charge >= 0.3 is 0 Å². The molecule has 0 fully saturated rings. The van der Waals surface area contributed by atoms with E-state index >= 15 is 0 Å². The second-order valence-corrected chi connectivity index (χ2v) is 6.05. The molecule has 0 aliphatic rings. The maximum Gasteiger partial charge on any atom is 0.0809 e. The summed E-state index contributed by atoms with van der Waals surface area (Å²) in [6.07, 6.45) is 5.77. The Morgan fingerprint density at radius 3 is 2.74 bits per heavy atom. The van der Waals surface area contributed by atoms with E-state index in [9.17, 15) is 0 Å². The van der Waals surface area contributed by atoms with Crippen LogP contribution in [0.25, 0.3) is 10.2 Å². The van der Waals surface area contributed by atoms with Crippen LogP contribution in [-0.2, 0) is 0 Å². The van der Waals surface area contributed by atoms with E-state index in [1.807, 2.05) is 6.20 Å². The van der Waals surface area contributed by atoms with Gasteiger partial charge in [0.2, 0.25) is 0 Å². The largest absolute Gasteiger partial charge is 0.310 e. The quantitative estimate of drug-likeness (QED) is 0.787. The van der Waals surface area contributed by atoms with E-state index in [0.29, 0.717) is 6.04 Å². The average Bonchev–Trinajstić information content (AvgIpc) is 2.90. The van der Waals surface area contributed by atoms with Gasteiger partial charge in [-0.25, -0.2) is 0 Å². The van der Waals surface area contributed by atoms with Gasteiger partial charge in [-0.3, -0.25) is 4.98 Å². The van der Waals surface area contributed by atoms with Crippen LogP contribution in [0.15, 0.2) is 23.7 Å². The van der Waals surface area contributed by atoms with Crippen LogP contribution in [0, 0.1) is 5.92 Å². The molecule has 1 unspecified atom stereocenters. The van der Waals surface area contributed by atoms with Crippen molar-refractivity contribution in [2.75, 3.05) is 6.54 Å². The summed E-state index contributed by atoms with van der Waals surface area (Å²) in [4.78, 5) is 4.57. The summed E-state index contributed by atoms with van der Waals surface area (Å²) in [7, 11) is 0. The van der Waals surface area contributed by atoms with Gasteiger partial charge in [-0.15, -0.1) is 11.3 Å². The molecule has 0 aromatic carbocycles. The predicted octanol–water partition coefficient (Wildman–Crippen LogP) is 4.77. The van der Waals surface area contributed by atoms with Crippen LogP contribution in [0.1, 0.15) is 51.6 Å². The molecule has 0 spiro atoms. The molecule has 2 heterocycles. The van der Waals surface area contributed by atoms with Crippen molar-refractivity contribution in [1.82, 2.24) is 10.3 Å². The van der Waals surface area contributed by atoms with Crippen molar-refractivity contribution in [1.29, 1.82) is 0 Å². The van der Waals surface area contributed by atoms with Gasteiger partial charge in [0, 0.05) is 12.2 Å². The van der Waals surface area contributed by atoms with Crippen LogP contribution >= 0.6 is 11.3 Å². The van der Waals surface area contributed by atoms with Crippen molar-refractivity contribution < 1.29 is 0 Å². The molecule has 19 heavy (non-hydrogen) atoms. The Hall–Kier alpha value is -0.930. The molecule has 0 bridgehead atoms. The highest BCUT2D eigenvalue weighted by Crippen LogP contribution is 2.28. The SMILES string of the molecule is CCNC(CC(CC)CC)c1cnc2ccsc2c1. The Morgan fingerprint density at radius 2 is 2.05 bits per heavy atom. The third-order valence-corrected chi connectivity index (χ3v) is 4.75. The van der Waals surface area contributed by atoms with Gasteiger partial charge in [-0.2, -0.15) is 0 Å². The number of nitrogens with one attached hydrogen (secondary N) is 1. The molecular weight excluding hydrogens is 252 g/mol. The van der Waals surface area contributed by atoms with Crippen molar-refractivity contribution in [3.05, 3.63) is 29.3 Å². The topological polar surface area (TPSA) is 24.9 Å². The molecule has 0 radical (unpaired) electrons. The molecule has 1 atom stereocenters. The Labute approximate surface area is 120 Å².